The minimum Gasteiger partial charge on any atom is -0.294 e. The van der Waals surface area contributed by atoms with Crippen LogP contribution in [0.4, 0.5) is 0 Å². The molecular formula is C9H20O2S. The molecule has 3 heteroatoms. The molecule has 0 bridgehead atoms. The molecule has 0 saturated heterocycles. The summed E-state index contributed by atoms with van der Waals surface area (Å²) in [5, 5.41) is 0. The molecule has 0 aliphatic rings. The molecular weight excluding hydrogens is 172 g/mol. The fraction of sp³-hybridized carbons (Fsp3) is 1.00. The third-order valence-corrected chi connectivity index (χ3v) is 2.84. The van der Waals surface area contributed by atoms with Gasteiger partial charge in [0.15, 0.2) is 11.1 Å². The summed E-state index contributed by atoms with van der Waals surface area (Å²) in [7, 11) is 1.49. The van der Waals surface area contributed by atoms with Gasteiger partial charge in [-0.25, -0.2) is 4.21 Å². The Bertz CT molecular complexity index is 115. The lowest BCUT2D eigenvalue weighted by Crippen LogP contribution is -1.98. The van der Waals surface area contributed by atoms with Gasteiger partial charge in [0.25, 0.3) is 0 Å². The van der Waals surface area contributed by atoms with Gasteiger partial charge in [0.1, 0.15) is 0 Å². The highest BCUT2D eigenvalue weighted by molar-refractivity contribution is 7.80. The average molecular weight is 192 g/mol. The molecule has 0 aromatic carbocycles. The fourth-order valence-corrected chi connectivity index (χ4v) is 1.69. The Kier molecular flexibility index (Phi) is 9.28. The normalized spacial score (nSPS) is 13.2. The van der Waals surface area contributed by atoms with Crippen molar-refractivity contribution in [1.82, 2.24) is 0 Å². The Hall–Kier alpha value is 0.110. The van der Waals surface area contributed by atoms with Gasteiger partial charge in [0, 0.05) is 5.75 Å². The van der Waals surface area contributed by atoms with Crippen molar-refractivity contribution in [2.24, 2.45) is 0 Å². The van der Waals surface area contributed by atoms with E-state index in [1.807, 2.05) is 0 Å². The number of unbranched alkanes of at least 4 members (excludes halogenated alkanes) is 5. The van der Waals surface area contributed by atoms with Gasteiger partial charge < -0.3 is 0 Å². The Balaban J connectivity index is 2.95. The molecule has 0 aromatic rings. The first-order chi connectivity index (χ1) is 5.81. The van der Waals surface area contributed by atoms with E-state index in [4.69, 9.17) is 0 Å². The van der Waals surface area contributed by atoms with Crippen molar-refractivity contribution in [1.29, 1.82) is 0 Å². The first-order valence-electron chi connectivity index (χ1n) is 4.74. The van der Waals surface area contributed by atoms with Crippen LogP contribution in [0.1, 0.15) is 45.4 Å². The SMILES string of the molecule is CCCCCCCCS(=O)OC. The zero-order valence-corrected chi connectivity index (χ0v) is 8.99. The lowest BCUT2D eigenvalue weighted by Gasteiger charge is -1.99. The molecule has 0 amide bonds. The molecule has 0 rings (SSSR count). The Morgan fingerprint density at radius 1 is 1.08 bits per heavy atom. The summed E-state index contributed by atoms with van der Waals surface area (Å²) in [6.45, 7) is 2.21. The van der Waals surface area contributed by atoms with E-state index in [1.165, 1.54) is 39.2 Å². The molecule has 0 aliphatic carbocycles. The van der Waals surface area contributed by atoms with Crippen LogP contribution in [0, 0.1) is 0 Å². The zero-order chi connectivity index (χ0) is 9.23. The summed E-state index contributed by atoms with van der Waals surface area (Å²) in [6, 6.07) is 0. The van der Waals surface area contributed by atoms with Crippen LogP contribution in [-0.2, 0) is 15.3 Å². The van der Waals surface area contributed by atoms with Crippen molar-refractivity contribution >= 4 is 11.1 Å². The highest BCUT2D eigenvalue weighted by atomic mass is 32.2. The molecule has 0 saturated carbocycles. The molecule has 0 heterocycles. The Morgan fingerprint density at radius 3 is 2.25 bits per heavy atom. The van der Waals surface area contributed by atoms with Crippen molar-refractivity contribution in [3.63, 3.8) is 0 Å². The summed E-state index contributed by atoms with van der Waals surface area (Å²) >= 11 is -1.03. The second-order valence-electron chi connectivity index (χ2n) is 2.94. The van der Waals surface area contributed by atoms with Gasteiger partial charge in [-0.3, -0.25) is 4.18 Å². The van der Waals surface area contributed by atoms with Gasteiger partial charge in [0.2, 0.25) is 0 Å². The van der Waals surface area contributed by atoms with Crippen molar-refractivity contribution in [3.8, 4) is 0 Å². The van der Waals surface area contributed by atoms with E-state index in [1.54, 1.807) is 0 Å². The average Bonchev–Trinajstić information content (AvgIpc) is 2.10. The lowest BCUT2D eigenvalue weighted by molar-refractivity contribution is 0.443. The third-order valence-electron chi connectivity index (χ3n) is 1.85. The Labute approximate surface area is 78.4 Å². The highest BCUT2D eigenvalue weighted by Gasteiger charge is 1.96. The monoisotopic (exact) mass is 192 g/mol. The topological polar surface area (TPSA) is 26.3 Å². The van der Waals surface area contributed by atoms with Crippen molar-refractivity contribution in [2.75, 3.05) is 12.9 Å². The summed E-state index contributed by atoms with van der Waals surface area (Å²) in [6.07, 6.45) is 7.42. The summed E-state index contributed by atoms with van der Waals surface area (Å²) in [5.41, 5.74) is 0. The molecule has 2 nitrogen and oxygen atoms in total. The van der Waals surface area contributed by atoms with E-state index in [2.05, 4.69) is 11.1 Å². The van der Waals surface area contributed by atoms with Gasteiger partial charge in [-0.05, 0) is 6.42 Å². The summed E-state index contributed by atoms with van der Waals surface area (Å²) in [4.78, 5) is 0. The number of hydrogen-bond acceptors (Lipinski definition) is 2. The lowest BCUT2D eigenvalue weighted by atomic mass is 10.1. The standard InChI is InChI=1S/C9H20O2S/c1-3-4-5-6-7-8-9-12(10)11-2/h3-9H2,1-2H3. The van der Waals surface area contributed by atoms with Crippen LogP contribution in [0.25, 0.3) is 0 Å². The first-order valence-corrected chi connectivity index (χ1v) is 5.98. The summed E-state index contributed by atoms with van der Waals surface area (Å²) in [5.74, 6) is 0.697. The molecule has 0 radical (unpaired) electrons. The maximum atomic E-state index is 10.8. The predicted octanol–water partition coefficient (Wildman–Crippen LogP) is 2.66. The van der Waals surface area contributed by atoms with E-state index in [9.17, 15) is 4.21 Å². The van der Waals surface area contributed by atoms with Crippen molar-refractivity contribution < 1.29 is 8.39 Å². The van der Waals surface area contributed by atoms with E-state index < -0.39 is 11.1 Å². The third kappa shape index (κ3) is 8.21. The minimum atomic E-state index is -1.03. The molecule has 74 valence electrons. The smallest absolute Gasteiger partial charge is 0.155 e. The largest absolute Gasteiger partial charge is 0.294 e. The van der Waals surface area contributed by atoms with Crippen LogP contribution in [-0.4, -0.2) is 17.1 Å². The predicted molar refractivity (Wildman–Crippen MR) is 53.4 cm³/mol. The maximum absolute atomic E-state index is 10.8. The maximum Gasteiger partial charge on any atom is 0.155 e. The molecule has 0 fully saturated rings. The van der Waals surface area contributed by atoms with E-state index in [0.29, 0.717) is 5.75 Å². The quantitative estimate of drug-likeness (QED) is 0.553. The second-order valence-corrected chi connectivity index (χ2v) is 4.29. The molecule has 0 aliphatic heterocycles. The molecule has 0 spiro atoms. The number of hydrogen-bond donors (Lipinski definition) is 0. The van der Waals surface area contributed by atoms with Gasteiger partial charge in [0.05, 0.1) is 7.11 Å². The minimum absolute atomic E-state index is 0.697. The fourth-order valence-electron chi connectivity index (χ4n) is 1.08. The van der Waals surface area contributed by atoms with Crippen LogP contribution in [0.15, 0.2) is 0 Å². The summed E-state index contributed by atoms with van der Waals surface area (Å²) < 4.78 is 15.4. The second kappa shape index (κ2) is 9.20. The van der Waals surface area contributed by atoms with Crippen LogP contribution in [0.5, 0.6) is 0 Å². The zero-order valence-electron chi connectivity index (χ0n) is 8.17. The number of rotatable bonds is 8. The van der Waals surface area contributed by atoms with Gasteiger partial charge in [-0.1, -0.05) is 39.0 Å². The van der Waals surface area contributed by atoms with Gasteiger partial charge >= 0.3 is 0 Å². The first kappa shape index (κ1) is 12.1. The molecule has 1 unspecified atom stereocenters. The van der Waals surface area contributed by atoms with Crippen LogP contribution in [0.3, 0.4) is 0 Å². The van der Waals surface area contributed by atoms with Gasteiger partial charge in [-0.2, -0.15) is 0 Å². The van der Waals surface area contributed by atoms with Crippen molar-refractivity contribution in [3.05, 3.63) is 0 Å². The molecule has 0 aromatic heterocycles. The van der Waals surface area contributed by atoms with Crippen LogP contribution in [0.2, 0.25) is 0 Å². The van der Waals surface area contributed by atoms with Crippen LogP contribution < -0.4 is 0 Å². The van der Waals surface area contributed by atoms with E-state index >= 15 is 0 Å². The van der Waals surface area contributed by atoms with E-state index in [-0.39, 0.29) is 0 Å². The molecule has 12 heavy (non-hydrogen) atoms. The molecule has 0 N–H and O–H groups in total. The van der Waals surface area contributed by atoms with Crippen LogP contribution >= 0.6 is 0 Å². The molecule has 1 atom stereocenters. The van der Waals surface area contributed by atoms with Gasteiger partial charge in [-0.15, -0.1) is 0 Å². The van der Waals surface area contributed by atoms with Crippen molar-refractivity contribution in [2.45, 2.75) is 45.4 Å². The van der Waals surface area contributed by atoms with E-state index in [0.717, 1.165) is 6.42 Å². The Morgan fingerprint density at radius 2 is 1.67 bits per heavy atom. The highest BCUT2D eigenvalue weighted by Crippen LogP contribution is 2.05.